The molecule has 2 aromatic rings. The molecule has 2 rings (SSSR count). The van der Waals surface area contributed by atoms with Crippen LogP contribution in [0.4, 0.5) is 4.39 Å². The van der Waals surface area contributed by atoms with Gasteiger partial charge in [-0.3, -0.25) is 0 Å². The van der Waals surface area contributed by atoms with Crippen molar-refractivity contribution >= 4 is 0 Å². The molecule has 0 radical (unpaired) electrons. The summed E-state index contributed by atoms with van der Waals surface area (Å²) in [5.74, 6) is 0.724. The molecule has 0 amide bonds. The lowest BCUT2D eigenvalue weighted by Crippen LogP contribution is -2.16. The average Bonchev–Trinajstić information content (AvgIpc) is 2.72. The molecule has 0 heterocycles. The van der Waals surface area contributed by atoms with Crippen molar-refractivity contribution in [3.63, 3.8) is 0 Å². The summed E-state index contributed by atoms with van der Waals surface area (Å²) in [6.45, 7) is 5.17. The highest BCUT2D eigenvalue weighted by Crippen LogP contribution is 2.27. The Kier molecular flexibility index (Phi) is 9.84. The minimum absolute atomic E-state index is 0.0806. The lowest BCUT2D eigenvalue weighted by atomic mass is 10.1. The predicted octanol–water partition coefficient (Wildman–Crippen LogP) is 6.65. The third-order valence-electron chi connectivity index (χ3n) is 4.76. The Morgan fingerprint density at radius 1 is 0.857 bits per heavy atom. The second-order valence-electron chi connectivity index (χ2n) is 7.14. The van der Waals surface area contributed by atoms with Gasteiger partial charge in [-0.05, 0) is 48.7 Å². The van der Waals surface area contributed by atoms with Crippen LogP contribution in [0.2, 0.25) is 0 Å². The summed E-state index contributed by atoms with van der Waals surface area (Å²) in [7, 11) is 1.61. The van der Waals surface area contributed by atoms with E-state index in [0.717, 1.165) is 29.9 Å². The summed E-state index contributed by atoms with van der Waals surface area (Å²) in [6, 6.07) is 12.8. The fourth-order valence-corrected chi connectivity index (χ4v) is 2.89. The number of methoxy groups -OCH3 is 1. The Morgan fingerprint density at radius 3 is 2.21 bits per heavy atom. The molecule has 1 atom stereocenters. The molecular formula is C24H33FO3. The fourth-order valence-electron chi connectivity index (χ4n) is 2.89. The van der Waals surface area contributed by atoms with Gasteiger partial charge in [-0.25, -0.2) is 4.39 Å². The lowest BCUT2D eigenvalue weighted by molar-refractivity contribution is 0.0702. The topological polar surface area (TPSA) is 27.7 Å². The van der Waals surface area contributed by atoms with Crippen LogP contribution in [0.25, 0.3) is 11.1 Å². The van der Waals surface area contributed by atoms with E-state index in [9.17, 15) is 4.39 Å². The van der Waals surface area contributed by atoms with Crippen molar-refractivity contribution in [2.24, 2.45) is 0 Å². The van der Waals surface area contributed by atoms with Crippen LogP contribution in [0.3, 0.4) is 0 Å². The average molecular weight is 389 g/mol. The first-order valence-corrected chi connectivity index (χ1v) is 10.3. The molecule has 0 fully saturated rings. The zero-order valence-corrected chi connectivity index (χ0v) is 17.4. The standard InChI is InChI=1S/C24H33FO3/c1-4-5-6-7-8-9-16-27-22-13-10-20(11-14-22)21-12-15-24(23(25)17-21)28-18-19(2)26-3/h10-15,17,19H,4-9,16,18H2,1-3H3. The number of unbranched alkanes of at least 4 members (excludes halogenated alkanes) is 5. The molecule has 4 heteroatoms. The van der Waals surface area contributed by atoms with Gasteiger partial charge < -0.3 is 14.2 Å². The quantitative estimate of drug-likeness (QED) is 0.360. The molecule has 1 unspecified atom stereocenters. The van der Waals surface area contributed by atoms with Gasteiger partial charge in [-0.15, -0.1) is 0 Å². The molecule has 0 N–H and O–H groups in total. The van der Waals surface area contributed by atoms with Gasteiger partial charge in [0.15, 0.2) is 11.6 Å². The zero-order chi connectivity index (χ0) is 20.2. The maximum atomic E-state index is 14.3. The molecule has 0 aliphatic heterocycles. The SMILES string of the molecule is CCCCCCCCOc1ccc(-c2ccc(OCC(C)OC)c(F)c2)cc1. The molecule has 0 aromatic heterocycles. The molecule has 2 aromatic carbocycles. The molecule has 0 aliphatic carbocycles. The van der Waals surface area contributed by atoms with E-state index in [1.165, 1.54) is 38.2 Å². The number of hydrogen-bond donors (Lipinski definition) is 0. The van der Waals surface area contributed by atoms with Gasteiger partial charge in [0.25, 0.3) is 0 Å². The molecule has 154 valence electrons. The number of halogens is 1. The monoisotopic (exact) mass is 388 g/mol. The first kappa shape index (κ1) is 22.2. The summed E-state index contributed by atoms with van der Waals surface area (Å²) in [4.78, 5) is 0. The maximum absolute atomic E-state index is 14.3. The Labute approximate surface area is 168 Å². The summed E-state index contributed by atoms with van der Waals surface area (Å²) in [6.07, 6.45) is 7.41. The molecule has 0 aliphatic rings. The zero-order valence-electron chi connectivity index (χ0n) is 17.4. The van der Waals surface area contributed by atoms with Crippen molar-refractivity contribution in [2.45, 2.75) is 58.5 Å². The van der Waals surface area contributed by atoms with Crippen molar-refractivity contribution in [1.82, 2.24) is 0 Å². The maximum Gasteiger partial charge on any atom is 0.165 e. The molecule has 0 saturated carbocycles. The van der Waals surface area contributed by atoms with E-state index in [2.05, 4.69) is 6.92 Å². The molecular weight excluding hydrogens is 355 g/mol. The van der Waals surface area contributed by atoms with E-state index in [0.29, 0.717) is 6.61 Å². The molecule has 0 saturated heterocycles. The lowest BCUT2D eigenvalue weighted by Gasteiger charge is -2.13. The highest BCUT2D eigenvalue weighted by Gasteiger charge is 2.08. The van der Waals surface area contributed by atoms with Gasteiger partial charge in [0.2, 0.25) is 0 Å². The van der Waals surface area contributed by atoms with E-state index in [1.54, 1.807) is 13.2 Å². The number of hydrogen-bond acceptors (Lipinski definition) is 3. The number of benzene rings is 2. The van der Waals surface area contributed by atoms with Crippen molar-refractivity contribution < 1.29 is 18.6 Å². The minimum Gasteiger partial charge on any atom is -0.494 e. The summed E-state index contributed by atoms with van der Waals surface area (Å²) < 4.78 is 30.7. The van der Waals surface area contributed by atoms with E-state index < -0.39 is 0 Å². The first-order valence-electron chi connectivity index (χ1n) is 10.3. The molecule has 3 nitrogen and oxygen atoms in total. The van der Waals surface area contributed by atoms with Crippen LogP contribution in [0, 0.1) is 5.82 Å². The summed E-state index contributed by atoms with van der Waals surface area (Å²) >= 11 is 0. The third-order valence-corrected chi connectivity index (χ3v) is 4.76. The molecule has 28 heavy (non-hydrogen) atoms. The van der Waals surface area contributed by atoms with Crippen molar-refractivity contribution in [3.05, 3.63) is 48.3 Å². The predicted molar refractivity (Wildman–Crippen MR) is 113 cm³/mol. The van der Waals surface area contributed by atoms with Gasteiger partial charge in [-0.2, -0.15) is 0 Å². The van der Waals surface area contributed by atoms with Crippen molar-refractivity contribution in [1.29, 1.82) is 0 Å². The van der Waals surface area contributed by atoms with Crippen LogP contribution in [-0.4, -0.2) is 26.4 Å². The first-order chi connectivity index (χ1) is 13.6. The Hall–Kier alpha value is -2.07. The Morgan fingerprint density at radius 2 is 1.54 bits per heavy atom. The van der Waals surface area contributed by atoms with Crippen LogP contribution in [0.15, 0.2) is 42.5 Å². The van der Waals surface area contributed by atoms with Gasteiger partial charge >= 0.3 is 0 Å². The van der Waals surface area contributed by atoms with Crippen LogP contribution >= 0.6 is 0 Å². The van der Waals surface area contributed by atoms with Crippen molar-refractivity contribution in [3.8, 4) is 22.6 Å². The van der Waals surface area contributed by atoms with Crippen LogP contribution < -0.4 is 9.47 Å². The third kappa shape index (κ3) is 7.51. The van der Waals surface area contributed by atoms with E-state index >= 15 is 0 Å². The van der Waals surface area contributed by atoms with Gasteiger partial charge in [0.05, 0.1) is 12.7 Å². The van der Waals surface area contributed by atoms with Crippen LogP contribution in [-0.2, 0) is 4.74 Å². The van der Waals surface area contributed by atoms with E-state index in [1.807, 2.05) is 37.3 Å². The number of rotatable bonds is 13. The second-order valence-corrected chi connectivity index (χ2v) is 7.14. The van der Waals surface area contributed by atoms with E-state index in [4.69, 9.17) is 14.2 Å². The highest BCUT2D eigenvalue weighted by atomic mass is 19.1. The molecule has 0 bridgehead atoms. The van der Waals surface area contributed by atoms with E-state index in [-0.39, 0.29) is 17.7 Å². The van der Waals surface area contributed by atoms with Gasteiger partial charge in [-0.1, -0.05) is 57.2 Å². The van der Waals surface area contributed by atoms with Crippen molar-refractivity contribution in [2.75, 3.05) is 20.3 Å². The Bertz CT molecular complexity index is 685. The largest absolute Gasteiger partial charge is 0.494 e. The molecule has 0 spiro atoms. The fraction of sp³-hybridized carbons (Fsp3) is 0.500. The van der Waals surface area contributed by atoms with Crippen LogP contribution in [0.1, 0.15) is 52.4 Å². The normalized spacial score (nSPS) is 12.0. The second kappa shape index (κ2) is 12.4. The number of ether oxygens (including phenoxy) is 3. The smallest absolute Gasteiger partial charge is 0.165 e. The highest BCUT2D eigenvalue weighted by molar-refractivity contribution is 5.65. The van der Waals surface area contributed by atoms with Gasteiger partial charge in [0.1, 0.15) is 12.4 Å². The Balaban J connectivity index is 1.83. The summed E-state index contributed by atoms with van der Waals surface area (Å²) in [5, 5.41) is 0. The van der Waals surface area contributed by atoms with Crippen LogP contribution in [0.5, 0.6) is 11.5 Å². The minimum atomic E-state index is -0.371. The summed E-state index contributed by atoms with van der Waals surface area (Å²) in [5.41, 5.74) is 1.76. The van der Waals surface area contributed by atoms with Gasteiger partial charge in [0, 0.05) is 7.11 Å².